The molecular formula is C9H11N3S2. The highest BCUT2D eigenvalue weighted by Gasteiger charge is 2.11. The first kappa shape index (κ1) is 9.61. The summed E-state index contributed by atoms with van der Waals surface area (Å²) in [6.07, 6.45) is 0. The molecule has 0 bridgehead atoms. The van der Waals surface area contributed by atoms with Crippen molar-refractivity contribution in [3.63, 3.8) is 0 Å². The van der Waals surface area contributed by atoms with Crippen molar-refractivity contribution < 1.29 is 0 Å². The van der Waals surface area contributed by atoms with Gasteiger partial charge in [-0.3, -0.25) is 9.67 Å². The van der Waals surface area contributed by atoms with Crippen LogP contribution in [-0.4, -0.2) is 14.8 Å². The van der Waals surface area contributed by atoms with E-state index >= 15 is 0 Å². The van der Waals surface area contributed by atoms with Crippen molar-refractivity contribution in [3.05, 3.63) is 33.0 Å². The standard InChI is InChI=1S/C9H11N3S2/c1-6(8-3-4-14-5-8)12-7(2)10-11-9(12)13/h3-6H,1-2H3,(H,11,13). The Morgan fingerprint density at radius 1 is 1.64 bits per heavy atom. The van der Waals surface area contributed by atoms with Crippen molar-refractivity contribution in [2.75, 3.05) is 0 Å². The number of H-pyrrole nitrogens is 1. The average molecular weight is 225 g/mol. The Hall–Kier alpha value is -0.940. The lowest BCUT2D eigenvalue weighted by atomic mass is 10.2. The second-order valence-corrected chi connectivity index (χ2v) is 4.35. The Morgan fingerprint density at radius 3 is 2.93 bits per heavy atom. The van der Waals surface area contributed by atoms with Gasteiger partial charge in [0.25, 0.3) is 0 Å². The minimum atomic E-state index is 0.257. The van der Waals surface area contributed by atoms with Crippen molar-refractivity contribution in [1.82, 2.24) is 14.8 Å². The van der Waals surface area contributed by atoms with Gasteiger partial charge in [0.2, 0.25) is 0 Å². The number of aromatic amines is 1. The number of nitrogens with zero attached hydrogens (tertiary/aromatic N) is 2. The molecule has 0 fully saturated rings. The summed E-state index contributed by atoms with van der Waals surface area (Å²) in [7, 11) is 0. The predicted octanol–water partition coefficient (Wildman–Crippen LogP) is 2.92. The number of rotatable bonds is 2. The van der Waals surface area contributed by atoms with E-state index in [1.165, 1.54) is 5.56 Å². The van der Waals surface area contributed by atoms with E-state index in [-0.39, 0.29) is 6.04 Å². The first-order valence-corrected chi connectivity index (χ1v) is 5.71. The van der Waals surface area contributed by atoms with E-state index < -0.39 is 0 Å². The first-order chi connectivity index (χ1) is 6.70. The van der Waals surface area contributed by atoms with Gasteiger partial charge in [-0.25, -0.2) is 0 Å². The smallest absolute Gasteiger partial charge is 0.195 e. The molecule has 0 spiro atoms. The molecule has 0 aromatic carbocycles. The minimum absolute atomic E-state index is 0.257. The van der Waals surface area contributed by atoms with Crippen LogP contribution >= 0.6 is 23.6 Å². The van der Waals surface area contributed by atoms with Gasteiger partial charge >= 0.3 is 0 Å². The van der Waals surface area contributed by atoms with Gasteiger partial charge < -0.3 is 0 Å². The first-order valence-electron chi connectivity index (χ1n) is 4.35. The van der Waals surface area contributed by atoms with Crippen LogP contribution in [0.4, 0.5) is 0 Å². The van der Waals surface area contributed by atoms with Gasteiger partial charge in [0.1, 0.15) is 5.82 Å². The topological polar surface area (TPSA) is 33.6 Å². The number of aromatic nitrogens is 3. The Labute approximate surface area is 91.4 Å². The lowest BCUT2D eigenvalue weighted by Crippen LogP contribution is -2.07. The fraction of sp³-hybridized carbons (Fsp3) is 0.333. The predicted molar refractivity (Wildman–Crippen MR) is 60.3 cm³/mol. The fourth-order valence-electron chi connectivity index (χ4n) is 1.50. The maximum Gasteiger partial charge on any atom is 0.195 e. The van der Waals surface area contributed by atoms with Crippen molar-refractivity contribution in [2.45, 2.75) is 19.9 Å². The number of nitrogens with one attached hydrogen (secondary N) is 1. The van der Waals surface area contributed by atoms with E-state index in [9.17, 15) is 0 Å². The second-order valence-electron chi connectivity index (χ2n) is 3.18. The van der Waals surface area contributed by atoms with Gasteiger partial charge in [-0.2, -0.15) is 16.4 Å². The van der Waals surface area contributed by atoms with Crippen LogP contribution < -0.4 is 0 Å². The molecule has 14 heavy (non-hydrogen) atoms. The van der Waals surface area contributed by atoms with Crippen LogP contribution in [0.25, 0.3) is 0 Å². The van der Waals surface area contributed by atoms with Crippen molar-refractivity contribution in [2.24, 2.45) is 0 Å². The molecule has 2 aromatic rings. The number of thiophene rings is 1. The normalized spacial score (nSPS) is 13.0. The summed E-state index contributed by atoms with van der Waals surface area (Å²) in [5.74, 6) is 0.925. The largest absolute Gasteiger partial charge is 0.297 e. The number of aryl methyl sites for hydroxylation is 1. The molecule has 0 aliphatic rings. The number of hydrogen-bond donors (Lipinski definition) is 1. The molecule has 2 heterocycles. The van der Waals surface area contributed by atoms with Crippen molar-refractivity contribution in [3.8, 4) is 0 Å². The highest BCUT2D eigenvalue weighted by Crippen LogP contribution is 2.21. The molecule has 0 amide bonds. The third kappa shape index (κ3) is 1.53. The summed E-state index contributed by atoms with van der Waals surface area (Å²) in [6, 6.07) is 2.37. The molecule has 0 radical (unpaired) electrons. The molecule has 0 saturated heterocycles. The Morgan fingerprint density at radius 2 is 2.43 bits per heavy atom. The summed E-state index contributed by atoms with van der Waals surface area (Å²) < 4.78 is 2.71. The molecule has 2 aromatic heterocycles. The van der Waals surface area contributed by atoms with Gasteiger partial charge in [0, 0.05) is 0 Å². The van der Waals surface area contributed by atoms with Gasteiger partial charge in [-0.05, 0) is 48.5 Å². The van der Waals surface area contributed by atoms with Crippen LogP contribution in [0.3, 0.4) is 0 Å². The third-order valence-electron chi connectivity index (χ3n) is 2.29. The van der Waals surface area contributed by atoms with Crippen LogP contribution in [0.15, 0.2) is 16.8 Å². The Balaban J connectivity index is 2.46. The zero-order valence-corrected chi connectivity index (χ0v) is 9.65. The highest BCUT2D eigenvalue weighted by atomic mass is 32.1. The van der Waals surface area contributed by atoms with Crippen LogP contribution in [-0.2, 0) is 0 Å². The zero-order valence-electron chi connectivity index (χ0n) is 8.02. The summed E-state index contributed by atoms with van der Waals surface area (Å²) in [5.41, 5.74) is 1.27. The Kier molecular flexibility index (Phi) is 2.52. The molecule has 0 aliphatic carbocycles. The molecule has 0 saturated carbocycles. The molecule has 1 unspecified atom stereocenters. The van der Waals surface area contributed by atoms with Gasteiger partial charge in [0.15, 0.2) is 4.77 Å². The van der Waals surface area contributed by atoms with Crippen LogP contribution in [0.1, 0.15) is 24.4 Å². The SMILES string of the molecule is Cc1n[nH]c(=S)n1C(C)c1ccsc1. The van der Waals surface area contributed by atoms with Crippen LogP contribution in [0.2, 0.25) is 0 Å². The van der Waals surface area contributed by atoms with E-state index in [0.717, 1.165) is 5.82 Å². The highest BCUT2D eigenvalue weighted by molar-refractivity contribution is 7.71. The minimum Gasteiger partial charge on any atom is -0.297 e. The van der Waals surface area contributed by atoms with Gasteiger partial charge in [-0.15, -0.1) is 0 Å². The van der Waals surface area contributed by atoms with Crippen LogP contribution in [0.5, 0.6) is 0 Å². The monoisotopic (exact) mass is 225 g/mol. The van der Waals surface area contributed by atoms with E-state index in [0.29, 0.717) is 4.77 Å². The van der Waals surface area contributed by atoms with Crippen molar-refractivity contribution >= 4 is 23.6 Å². The quantitative estimate of drug-likeness (QED) is 0.797. The molecule has 1 N–H and O–H groups in total. The van der Waals surface area contributed by atoms with E-state index in [1.54, 1.807) is 11.3 Å². The molecular weight excluding hydrogens is 214 g/mol. The van der Waals surface area contributed by atoms with Gasteiger partial charge in [0.05, 0.1) is 6.04 Å². The molecule has 74 valence electrons. The maximum atomic E-state index is 5.17. The molecule has 3 nitrogen and oxygen atoms in total. The zero-order chi connectivity index (χ0) is 10.1. The lowest BCUT2D eigenvalue weighted by Gasteiger charge is -2.12. The van der Waals surface area contributed by atoms with E-state index in [4.69, 9.17) is 12.2 Å². The average Bonchev–Trinajstić information content (AvgIpc) is 2.75. The molecule has 0 aliphatic heterocycles. The third-order valence-corrected chi connectivity index (χ3v) is 3.28. The number of hydrogen-bond acceptors (Lipinski definition) is 3. The summed E-state index contributed by atoms with van der Waals surface area (Å²) in [4.78, 5) is 0. The van der Waals surface area contributed by atoms with Gasteiger partial charge in [-0.1, -0.05) is 0 Å². The summed E-state index contributed by atoms with van der Waals surface area (Å²) in [6.45, 7) is 4.08. The lowest BCUT2D eigenvalue weighted by molar-refractivity contribution is 0.612. The summed E-state index contributed by atoms with van der Waals surface area (Å²) >= 11 is 6.87. The van der Waals surface area contributed by atoms with E-state index in [2.05, 4.69) is 33.9 Å². The summed E-state index contributed by atoms with van der Waals surface area (Å²) in [5, 5.41) is 11.1. The second kappa shape index (κ2) is 3.67. The molecule has 2 rings (SSSR count). The van der Waals surface area contributed by atoms with E-state index in [1.807, 2.05) is 11.5 Å². The fourth-order valence-corrected chi connectivity index (χ4v) is 2.58. The molecule has 5 heteroatoms. The van der Waals surface area contributed by atoms with Crippen LogP contribution in [0, 0.1) is 11.7 Å². The molecule has 1 atom stereocenters. The maximum absolute atomic E-state index is 5.17. The Bertz CT molecular complexity index is 466. The van der Waals surface area contributed by atoms with Crippen molar-refractivity contribution in [1.29, 1.82) is 0 Å².